The van der Waals surface area contributed by atoms with Gasteiger partial charge in [0.25, 0.3) is 0 Å². The van der Waals surface area contributed by atoms with Crippen LogP contribution in [0.15, 0.2) is 0 Å². The van der Waals surface area contributed by atoms with Gasteiger partial charge >= 0.3 is 0 Å². The van der Waals surface area contributed by atoms with Crippen LogP contribution in [0.4, 0.5) is 28.2 Å². The van der Waals surface area contributed by atoms with Crippen LogP contribution in [-0.4, -0.2) is 0 Å². The Morgan fingerprint density at radius 2 is 0.500 bits per heavy atom. The summed E-state index contributed by atoms with van der Waals surface area (Å²) in [6, 6.07) is 0. The van der Waals surface area contributed by atoms with Crippen LogP contribution in [0, 0.1) is 0 Å². The first-order valence-electron chi connectivity index (χ1n) is 0.333. The average molecular weight is 169 g/mol. The zero-order valence-corrected chi connectivity index (χ0v) is 4.76. The molecule has 0 aromatic rings. The highest BCUT2D eigenvalue weighted by Crippen LogP contribution is 1.29. The van der Waals surface area contributed by atoms with Gasteiger partial charge in [0.05, 0.1) is 0 Å². The highest BCUT2D eigenvalue weighted by Gasteiger charge is 0.814. The number of nitrogens with two attached hydrogens (primary N) is 1. The molecule has 0 aliphatic heterocycles. The fraction of sp³-hybridized carbons (Fsp3) is 0. The first kappa shape index (κ1) is 412. The predicted octanol–water partition coefficient (Wildman–Crippen LogP) is 0.650. The summed E-state index contributed by atoms with van der Waals surface area (Å²) in [4.78, 5) is 0. The van der Waals surface area contributed by atoms with Gasteiger partial charge in [-0.2, -0.15) is 0 Å². The number of hydrogen-bond donors (Lipinski definition) is 1. The lowest BCUT2D eigenvalue weighted by Crippen LogP contribution is -1.45. The van der Waals surface area contributed by atoms with Gasteiger partial charge in [0.2, 0.25) is 0 Å². The Balaban J connectivity index is -0.000000000333. The van der Waals surface area contributed by atoms with E-state index in [2.05, 4.69) is 5.50 Å². The minimum absolute atomic E-state index is 0. The fourth-order valence-corrected chi connectivity index (χ4v) is 0. The van der Waals surface area contributed by atoms with Gasteiger partial charge in [-0.25, -0.2) is 0 Å². The molecule has 0 aromatic carbocycles. The van der Waals surface area contributed by atoms with Crippen LogP contribution in [0.3, 0.4) is 0 Å². The quantitative estimate of drug-likeness (QED) is 0.418. The minimum Gasteiger partial charge on any atom is -0.314 e. The first-order chi connectivity index (χ1) is 1.00. The summed E-state index contributed by atoms with van der Waals surface area (Å²) in [6.07, 6.45) is 0. The van der Waals surface area contributed by atoms with E-state index in [1.807, 2.05) is 9.39 Å². The largest absolute Gasteiger partial charge is 0.314 e. The molecule has 0 radical (unpaired) electrons. The third kappa shape index (κ3) is 164000. The smallest absolute Gasteiger partial charge is 0.0726 e. The Morgan fingerprint density at radius 1 is 0.500 bits per heavy atom. The van der Waals surface area contributed by atoms with Crippen molar-refractivity contribution in [2.75, 3.05) is 0 Å². The Kier molecular flexibility index (Phi) is 14200000. The molecule has 0 spiro atoms. The van der Waals surface area contributed by atoms with E-state index in [1.54, 1.807) is 0 Å². The fourth-order valence-electron chi connectivity index (χ4n) is 0. The predicted molar refractivity (Wildman–Crippen MR) is 28.9 cm³/mol. The zero-order valence-electron chi connectivity index (χ0n) is 3.60. The zero-order chi connectivity index (χ0) is 2.00. The molecule has 2 N–H and O–H groups in total. The van der Waals surface area contributed by atoms with Gasteiger partial charge in [0.15, 0.2) is 0 Å². The summed E-state index contributed by atoms with van der Waals surface area (Å²) >= 11 is 0. The van der Waals surface area contributed by atoms with E-state index in [1.165, 1.54) is 0 Å². The Bertz CT molecular complexity index is 8.49. The summed E-state index contributed by atoms with van der Waals surface area (Å²) in [5.41, 5.74) is 4.42. The van der Waals surface area contributed by atoms with Crippen LogP contribution < -0.4 is 5.50 Å². The molecule has 8 heavy (non-hydrogen) atoms. The van der Waals surface area contributed by atoms with Crippen molar-refractivity contribution in [1.29, 1.82) is 0 Å². The molecule has 0 aromatic heterocycles. The van der Waals surface area contributed by atoms with Crippen molar-refractivity contribution < 1.29 is 28.2 Å². The molecule has 1 atom stereocenters. The molecule has 1 unspecified atom stereocenters. The van der Waals surface area contributed by atoms with Gasteiger partial charge in [-0.15, -0.1) is 0 Å². The van der Waals surface area contributed by atoms with Crippen LogP contribution in [0.1, 0.15) is 0 Å². The number of rotatable bonds is 0. The second kappa shape index (κ2) is 276000. The summed E-state index contributed by atoms with van der Waals surface area (Å²) in [6.45, 7) is 0. The lowest BCUT2D eigenvalue weighted by Gasteiger charge is -1.20. The van der Waals surface area contributed by atoms with Gasteiger partial charge < -0.3 is 5.50 Å². The second-order valence-electron chi connectivity index (χ2n) is 0. The van der Waals surface area contributed by atoms with E-state index in [4.69, 9.17) is 0 Å². The molecule has 62 valence electrons. The van der Waals surface area contributed by atoms with Gasteiger partial charge in [0, 0.05) is 0 Å². The summed E-state index contributed by atoms with van der Waals surface area (Å²) in [7, 11) is 1.92. The van der Waals surface area contributed by atoms with Crippen LogP contribution in [0.5, 0.6) is 0 Å². The highest BCUT2D eigenvalue weighted by molar-refractivity contribution is 7.13. The van der Waals surface area contributed by atoms with E-state index in [0.717, 1.165) is 0 Å². The maximum atomic E-state index is 4.42. The Hall–Kier alpha value is -0.0300. The Labute approximate surface area is 44.5 Å². The molecule has 0 aliphatic rings. The van der Waals surface area contributed by atoms with Gasteiger partial charge in [0.1, 0.15) is 0 Å². The molecule has 8 heteroatoms. The maximum Gasteiger partial charge on any atom is -0.0726 e. The van der Waals surface area contributed by atoms with Crippen molar-refractivity contribution in [2.24, 2.45) is 5.50 Å². The lowest BCUT2D eigenvalue weighted by atomic mass is 13.9. The summed E-state index contributed by atoms with van der Waals surface area (Å²) in [5.74, 6) is 0. The molecule has 0 saturated heterocycles. The molecule has 0 fully saturated rings. The van der Waals surface area contributed by atoms with Crippen LogP contribution >= 0.6 is 9.39 Å². The molecular weight excluding hydrogens is 159 g/mol. The van der Waals surface area contributed by atoms with E-state index in [0.29, 0.717) is 0 Å². The molecular formula is H10F6NP. The summed E-state index contributed by atoms with van der Waals surface area (Å²) in [5, 5.41) is 0. The normalized spacial score (nSPS) is 0.750. The third-order valence-electron chi connectivity index (χ3n) is 0. The molecule has 1 nitrogen and oxygen atoms in total. The topological polar surface area (TPSA) is 26.0 Å². The van der Waals surface area contributed by atoms with Gasteiger partial charge in [-0.1, -0.05) is 9.39 Å². The molecule has 0 amide bonds. The van der Waals surface area contributed by atoms with E-state index in [-0.39, 0.29) is 28.2 Å². The monoisotopic (exact) mass is 169 g/mol. The van der Waals surface area contributed by atoms with Crippen LogP contribution in [0.2, 0.25) is 0 Å². The average Bonchev–Trinajstić information content (AvgIpc) is 1.00. The molecule has 0 saturated carbocycles. The molecule has 0 heterocycles. The van der Waals surface area contributed by atoms with Crippen LogP contribution in [0.25, 0.3) is 0 Å². The van der Waals surface area contributed by atoms with Crippen molar-refractivity contribution in [1.82, 2.24) is 0 Å². The minimum atomic E-state index is 0. The standard InChI is InChI=1S/6FH.H4NP/c;;;;;;1-2/h6*1H;1-2H2. The molecule has 0 aliphatic carbocycles. The van der Waals surface area contributed by atoms with Crippen molar-refractivity contribution in [2.45, 2.75) is 0 Å². The van der Waals surface area contributed by atoms with Gasteiger partial charge in [-0.3, -0.25) is 28.2 Å². The van der Waals surface area contributed by atoms with E-state index in [9.17, 15) is 0 Å². The van der Waals surface area contributed by atoms with Crippen molar-refractivity contribution >= 4 is 9.39 Å². The lowest BCUT2D eigenvalue weighted by molar-refractivity contribution is 1.11. The van der Waals surface area contributed by atoms with Crippen LogP contribution in [-0.2, 0) is 0 Å². The number of halogens is 6. The van der Waals surface area contributed by atoms with Crippen molar-refractivity contribution in [3.8, 4) is 0 Å². The maximum absolute atomic E-state index is 4.42. The van der Waals surface area contributed by atoms with Gasteiger partial charge in [-0.05, 0) is 0 Å². The summed E-state index contributed by atoms with van der Waals surface area (Å²) < 4.78 is 0. The van der Waals surface area contributed by atoms with Crippen molar-refractivity contribution in [3.63, 3.8) is 0 Å². The Morgan fingerprint density at radius 3 is 0.500 bits per heavy atom. The highest BCUT2D eigenvalue weighted by atomic mass is 31.0. The second-order valence-corrected chi connectivity index (χ2v) is 0. The number of hydrogen-bond acceptors (Lipinski definition) is 1. The van der Waals surface area contributed by atoms with E-state index >= 15 is 0 Å². The van der Waals surface area contributed by atoms with E-state index < -0.39 is 0 Å². The third-order valence-corrected chi connectivity index (χ3v) is 0. The molecule has 0 bridgehead atoms. The van der Waals surface area contributed by atoms with Crippen molar-refractivity contribution in [3.05, 3.63) is 0 Å². The first-order valence-corrected chi connectivity index (χ1v) is 1.00. The SMILES string of the molecule is F.F.F.F.F.F.NP. The molecule has 0 rings (SSSR count).